The van der Waals surface area contributed by atoms with Gasteiger partial charge in [-0.05, 0) is 37.0 Å². The Morgan fingerprint density at radius 3 is 3.05 bits per heavy atom. The molecule has 110 valence electrons. The van der Waals surface area contributed by atoms with Gasteiger partial charge in [0.1, 0.15) is 5.82 Å². The van der Waals surface area contributed by atoms with Crippen molar-refractivity contribution in [3.63, 3.8) is 0 Å². The lowest BCUT2D eigenvalue weighted by atomic mass is 9.77. The summed E-state index contributed by atoms with van der Waals surface area (Å²) in [7, 11) is 1.77. The predicted octanol–water partition coefficient (Wildman–Crippen LogP) is 2.47. The number of hydrogen-bond donors (Lipinski definition) is 1. The molecule has 0 amide bonds. The number of nitrogens with two attached hydrogens (primary N) is 1. The van der Waals surface area contributed by atoms with Crippen molar-refractivity contribution in [3.8, 4) is 0 Å². The fraction of sp³-hybridized carbons (Fsp3) is 0.625. The maximum atomic E-state index is 13.6. The second-order valence-corrected chi connectivity index (χ2v) is 5.95. The molecule has 2 aliphatic rings. The van der Waals surface area contributed by atoms with Crippen LogP contribution in [0, 0.1) is 5.82 Å². The van der Waals surface area contributed by atoms with Gasteiger partial charge in [-0.1, -0.05) is 18.9 Å². The number of benzene rings is 1. The van der Waals surface area contributed by atoms with Crippen LogP contribution in [0.4, 0.5) is 10.1 Å². The zero-order valence-corrected chi connectivity index (χ0v) is 12.1. The molecule has 1 fully saturated rings. The van der Waals surface area contributed by atoms with Gasteiger partial charge in [0.2, 0.25) is 0 Å². The van der Waals surface area contributed by atoms with E-state index in [1.165, 1.54) is 12.0 Å². The Balaban J connectivity index is 2.01. The van der Waals surface area contributed by atoms with Gasteiger partial charge in [-0.2, -0.15) is 0 Å². The third kappa shape index (κ3) is 2.02. The molecule has 1 aliphatic heterocycles. The molecule has 0 spiro atoms. The van der Waals surface area contributed by atoms with Gasteiger partial charge in [-0.3, -0.25) is 0 Å². The van der Waals surface area contributed by atoms with E-state index >= 15 is 0 Å². The van der Waals surface area contributed by atoms with Crippen molar-refractivity contribution in [2.75, 3.05) is 25.1 Å². The highest BCUT2D eigenvalue weighted by Gasteiger charge is 2.46. The van der Waals surface area contributed by atoms with Crippen LogP contribution in [0.25, 0.3) is 0 Å². The molecule has 1 aromatic carbocycles. The zero-order chi connectivity index (χ0) is 14.2. The average molecular weight is 278 g/mol. The predicted molar refractivity (Wildman–Crippen MR) is 78.5 cm³/mol. The molecular weight excluding hydrogens is 255 g/mol. The van der Waals surface area contributed by atoms with Gasteiger partial charge in [-0.25, -0.2) is 4.39 Å². The molecular formula is C16H23FN2O. The molecule has 2 unspecified atom stereocenters. The number of halogens is 1. The van der Waals surface area contributed by atoms with E-state index in [2.05, 4.69) is 4.90 Å². The molecule has 3 nitrogen and oxygen atoms in total. The van der Waals surface area contributed by atoms with Crippen molar-refractivity contribution < 1.29 is 9.13 Å². The average Bonchev–Trinajstić information content (AvgIpc) is 2.90. The first kappa shape index (κ1) is 13.8. The van der Waals surface area contributed by atoms with Crippen molar-refractivity contribution >= 4 is 5.69 Å². The molecule has 4 heteroatoms. The summed E-state index contributed by atoms with van der Waals surface area (Å²) in [5.41, 5.74) is 8.22. The molecule has 2 atom stereocenters. The Morgan fingerprint density at radius 1 is 1.45 bits per heavy atom. The lowest BCUT2D eigenvalue weighted by Gasteiger charge is -2.50. The first-order valence-corrected chi connectivity index (χ1v) is 7.50. The van der Waals surface area contributed by atoms with E-state index in [1.54, 1.807) is 19.2 Å². The van der Waals surface area contributed by atoms with E-state index in [1.807, 2.05) is 6.07 Å². The topological polar surface area (TPSA) is 38.5 Å². The Hall–Kier alpha value is -1.13. The number of hydrogen-bond acceptors (Lipinski definition) is 3. The Kier molecular flexibility index (Phi) is 3.69. The van der Waals surface area contributed by atoms with Crippen LogP contribution in [0.2, 0.25) is 0 Å². The zero-order valence-electron chi connectivity index (χ0n) is 12.1. The Bertz CT molecular complexity index is 493. The van der Waals surface area contributed by atoms with Gasteiger partial charge in [-0.15, -0.1) is 0 Å². The van der Waals surface area contributed by atoms with E-state index in [-0.39, 0.29) is 17.5 Å². The molecule has 1 aliphatic carbocycles. The van der Waals surface area contributed by atoms with E-state index < -0.39 is 0 Å². The molecule has 0 radical (unpaired) electrons. The molecule has 20 heavy (non-hydrogen) atoms. The summed E-state index contributed by atoms with van der Waals surface area (Å²) in [5.74, 6) is -0.174. The van der Waals surface area contributed by atoms with Crippen molar-refractivity contribution in [1.82, 2.24) is 0 Å². The number of fused-ring (bicyclic) bond motifs is 1. The van der Waals surface area contributed by atoms with Crippen molar-refractivity contribution in [1.29, 1.82) is 0 Å². The van der Waals surface area contributed by atoms with Crippen LogP contribution in [0.15, 0.2) is 18.2 Å². The van der Waals surface area contributed by atoms with Crippen molar-refractivity contribution in [3.05, 3.63) is 29.6 Å². The maximum absolute atomic E-state index is 13.6. The third-order valence-electron chi connectivity index (χ3n) is 5.04. The molecule has 2 N–H and O–H groups in total. The van der Waals surface area contributed by atoms with Crippen molar-refractivity contribution in [2.24, 2.45) is 5.73 Å². The molecule has 0 saturated heterocycles. The highest BCUT2D eigenvalue weighted by Crippen LogP contribution is 2.42. The van der Waals surface area contributed by atoms with Crippen LogP contribution in [-0.4, -0.2) is 31.8 Å². The van der Waals surface area contributed by atoms with Crippen LogP contribution in [-0.2, 0) is 11.2 Å². The Labute approximate surface area is 119 Å². The summed E-state index contributed by atoms with van der Waals surface area (Å²) in [6.07, 6.45) is 5.51. The second-order valence-electron chi connectivity index (χ2n) is 5.95. The highest BCUT2D eigenvalue weighted by atomic mass is 19.1. The SMILES string of the molecule is COC1CCCCC1(CN)N1CCc2ccc(F)cc21. The Morgan fingerprint density at radius 2 is 2.30 bits per heavy atom. The second kappa shape index (κ2) is 5.34. The first-order valence-electron chi connectivity index (χ1n) is 7.50. The lowest BCUT2D eigenvalue weighted by molar-refractivity contribution is 0.00635. The summed E-state index contributed by atoms with van der Waals surface area (Å²) in [6.45, 7) is 1.47. The van der Waals surface area contributed by atoms with E-state index in [0.717, 1.165) is 37.9 Å². The summed E-state index contributed by atoms with van der Waals surface area (Å²) in [6, 6.07) is 5.10. The molecule has 1 aromatic rings. The molecule has 3 rings (SSSR count). The van der Waals surface area contributed by atoms with Crippen LogP contribution in [0.1, 0.15) is 31.2 Å². The minimum absolute atomic E-state index is 0.135. The van der Waals surface area contributed by atoms with Crippen LogP contribution in [0.3, 0.4) is 0 Å². The van der Waals surface area contributed by atoms with Gasteiger partial charge >= 0.3 is 0 Å². The van der Waals surface area contributed by atoms with Crippen LogP contribution in [0.5, 0.6) is 0 Å². The van der Waals surface area contributed by atoms with Gasteiger partial charge in [0, 0.05) is 25.9 Å². The fourth-order valence-corrected chi connectivity index (χ4v) is 4.00. The number of nitrogens with zero attached hydrogens (tertiary/aromatic N) is 1. The smallest absolute Gasteiger partial charge is 0.125 e. The lowest BCUT2D eigenvalue weighted by Crippen LogP contribution is -2.63. The summed E-state index contributed by atoms with van der Waals surface area (Å²) in [4.78, 5) is 2.32. The van der Waals surface area contributed by atoms with E-state index in [0.29, 0.717) is 6.54 Å². The van der Waals surface area contributed by atoms with Gasteiger partial charge < -0.3 is 15.4 Å². The maximum Gasteiger partial charge on any atom is 0.125 e. The molecule has 1 heterocycles. The summed E-state index contributed by atoms with van der Waals surface area (Å²) >= 11 is 0. The van der Waals surface area contributed by atoms with Gasteiger partial charge in [0.15, 0.2) is 0 Å². The third-order valence-corrected chi connectivity index (χ3v) is 5.04. The minimum Gasteiger partial charge on any atom is -0.379 e. The van der Waals surface area contributed by atoms with Gasteiger partial charge in [0.25, 0.3) is 0 Å². The highest BCUT2D eigenvalue weighted by molar-refractivity contribution is 5.60. The first-order chi connectivity index (χ1) is 9.71. The summed E-state index contributed by atoms with van der Waals surface area (Å²) in [5, 5.41) is 0. The van der Waals surface area contributed by atoms with Crippen LogP contribution < -0.4 is 10.6 Å². The number of anilines is 1. The number of methoxy groups -OCH3 is 1. The number of ether oxygens (including phenoxy) is 1. The summed E-state index contributed by atoms with van der Waals surface area (Å²) < 4.78 is 19.4. The minimum atomic E-state index is -0.175. The number of rotatable bonds is 3. The molecule has 0 bridgehead atoms. The van der Waals surface area contributed by atoms with Crippen LogP contribution >= 0.6 is 0 Å². The fourth-order valence-electron chi connectivity index (χ4n) is 4.00. The quantitative estimate of drug-likeness (QED) is 0.923. The normalized spacial score (nSPS) is 29.6. The molecule has 0 aromatic heterocycles. The molecule has 1 saturated carbocycles. The standard InChI is InChI=1S/C16H23FN2O/c1-20-15-4-2-3-8-16(15,11-18)19-9-7-12-5-6-13(17)10-14(12)19/h5-6,10,15H,2-4,7-9,11,18H2,1H3. The van der Waals surface area contributed by atoms with Gasteiger partial charge in [0.05, 0.1) is 11.6 Å². The monoisotopic (exact) mass is 278 g/mol. The van der Waals surface area contributed by atoms with E-state index in [9.17, 15) is 4.39 Å². The largest absolute Gasteiger partial charge is 0.379 e. The van der Waals surface area contributed by atoms with Crippen molar-refractivity contribution in [2.45, 2.75) is 43.7 Å². The van der Waals surface area contributed by atoms with E-state index in [4.69, 9.17) is 10.5 Å².